The highest BCUT2D eigenvalue weighted by atomic mass is 16.5. The van der Waals surface area contributed by atoms with Gasteiger partial charge in [-0.25, -0.2) is 15.4 Å². The van der Waals surface area contributed by atoms with E-state index >= 15 is 0 Å². The molecule has 2 N–H and O–H groups in total. The Bertz CT molecular complexity index is 2590. The second-order valence-corrected chi connectivity index (χ2v) is 27.7. The van der Waals surface area contributed by atoms with Crippen molar-refractivity contribution in [2.45, 2.75) is 257 Å². The van der Waals surface area contributed by atoms with E-state index in [1.54, 1.807) is 7.11 Å². The number of ether oxygens (including phenoxy) is 2. The fourth-order valence-electron chi connectivity index (χ4n) is 13.4. The number of carbonyl (C=O) groups is 2. The molecule has 1 aromatic carbocycles. The van der Waals surface area contributed by atoms with Crippen LogP contribution in [0.1, 0.15) is 247 Å². The van der Waals surface area contributed by atoms with Crippen LogP contribution in [0.2, 0.25) is 0 Å². The van der Waals surface area contributed by atoms with Gasteiger partial charge in [-0.05, 0) is 155 Å². The highest BCUT2D eigenvalue weighted by Gasteiger charge is 2.45. The Labute approximate surface area is 543 Å². The number of unbranched alkanes of at least 4 members (excludes halogenated alkanes) is 1. The van der Waals surface area contributed by atoms with Gasteiger partial charge in [-0.1, -0.05) is 148 Å². The summed E-state index contributed by atoms with van der Waals surface area (Å²) >= 11 is 0. The number of carbonyl (C=O) groups excluding carboxylic acids is 2. The summed E-state index contributed by atoms with van der Waals surface area (Å²) in [5.41, 5.74) is 16.0. The third kappa shape index (κ3) is 22.0. The molecule has 3 aromatic rings. The number of nitrogens with one attached hydrogen (secondary N) is 2. The topological polar surface area (TPSA) is 132 Å². The van der Waals surface area contributed by atoms with Gasteiger partial charge in [0.15, 0.2) is 0 Å². The van der Waals surface area contributed by atoms with Crippen molar-refractivity contribution >= 4 is 34.7 Å². The maximum absolute atomic E-state index is 14.3. The average Bonchev–Trinajstić information content (AvgIpc) is 3.82. The summed E-state index contributed by atoms with van der Waals surface area (Å²) in [5, 5.41) is 5.68. The number of benzene rings is 1. The lowest BCUT2D eigenvalue weighted by Crippen LogP contribution is -2.58. The van der Waals surface area contributed by atoms with E-state index in [0.29, 0.717) is 5.41 Å². The standard InChI is InChI=1S/C35H64N6O.C35H52N4O2.C3H8.C2H4O/c1-12-16-23-41(36-11)27(7)30(19-17-21-35(13-2,14-3)15-4)39-33(42)32(26(5)6)40-22-18-20-31(40)34(9,10)29-24-37-28(8)38-25-29;1-8-35(5,6)23-33(31-21-29(10-9-25(31)2)39-17-19-41-20-18-39)26(3)32-22-30(24-36-34(32)27(4)40-7)38-15-13-37(14-16-38)28-11-12-28;1-3-2;1-2-3/h24-26,30-32,36H,7,12-23H2,1-6,8-11H3,(H,39,42);9-10,21-22,24,27-28H,8,11-20,23H2,1-7H3;3H2,1-2H3;2H,1H3/b;33-26+;;/t30?,31-,32?;;;/m1.../s1. The van der Waals surface area contributed by atoms with Crippen LogP contribution < -0.4 is 20.5 Å². The van der Waals surface area contributed by atoms with E-state index in [1.807, 2.05) is 26.4 Å². The van der Waals surface area contributed by atoms with Crippen molar-refractivity contribution in [3.63, 3.8) is 0 Å². The zero-order chi connectivity index (χ0) is 66.1. The molecule has 3 unspecified atom stereocenters. The first kappa shape index (κ1) is 76.7. The molecule has 4 fully saturated rings. The number of amides is 1. The van der Waals surface area contributed by atoms with Gasteiger partial charge < -0.3 is 34.4 Å². The normalized spacial score (nSPS) is 18.1. The third-order valence-electron chi connectivity index (χ3n) is 20.2. The van der Waals surface area contributed by atoms with Gasteiger partial charge in [0.1, 0.15) is 12.1 Å². The van der Waals surface area contributed by atoms with Gasteiger partial charge in [0.2, 0.25) is 5.91 Å². The predicted octanol–water partition coefficient (Wildman–Crippen LogP) is 15.8. The molecule has 502 valence electrons. The van der Waals surface area contributed by atoms with E-state index in [2.05, 4.69) is 193 Å². The van der Waals surface area contributed by atoms with Crippen molar-refractivity contribution in [2.24, 2.45) is 16.7 Å². The number of likely N-dealkylation sites (tertiary alicyclic amines) is 1. The molecule has 7 rings (SSSR count). The van der Waals surface area contributed by atoms with Crippen LogP contribution in [0.15, 0.2) is 55.1 Å². The fourth-order valence-corrected chi connectivity index (χ4v) is 13.4. The van der Waals surface area contributed by atoms with E-state index < -0.39 is 0 Å². The van der Waals surface area contributed by atoms with E-state index in [1.165, 1.54) is 91.1 Å². The van der Waals surface area contributed by atoms with Crippen molar-refractivity contribution in [1.82, 2.24) is 40.5 Å². The number of pyridine rings is 1. The summed E-state index contributed by atoms with van der Waals surface area (Å²) in [6.07, 6.45) is 23.9. The molecular formula is C75H128N10O4. The largest absolute Gasteiger partial charge is 0.378 e. The molecule has 3 saturated heterocycles. The number of aryl methyl sites for hydroxylation is 2. The number of nitrogens with zero attached hydrogens (tertiary/aromatic N) is 8. The molecule has 0 bridgehead atoms. The number of methoxy groups -OCH3 is 1. The van der Waals surface area contributed by atoms with Crippen molar-refractivity contribution in [1.29, 1.82) is 0 Å². The fraction of sp³-hybridized carbons (Fsp3) is 0.720. The number of hydrogen-bond donors (Lipinski definition) is 2. The Balaban J connectivity index is 0.000000349. The zero-order valence-electron chi connectivity index (χ0n) is 60.2. The van der Waals surface area contributed by atoms with Gasteiger partial charge in [-0.15, -0.1) is 0 Å². The van der Waals surface area contributed by atoms with E-state index in [-0.39, 0.29) is 46.9 Å². The average molecular weight is 1230 g/mol. The van der Waals surface area contributed by atoms with Gasteiger partial charge in [-0.3, -0.25) is 19.6 Å². The first-order valence-electron chi connectivity index (χ1n) is 35.0. The molecule has 1 amide bonds. The van der Waals surface area contributed by atoms with Crippen molar-refractivity contribution < 1.29 is 19.1 Å². The molecule has 0 radical (unpaired) electrons. The summed E-state index contributed by atoms with van der Waals surface area (Å²) in [5.74, 6) is 1.09. The molecule has 2 aromatic heterocycles. The summed E-state index contributed by atoms with van der Waals surface area (Å²) in [7, 11) is 3.75. The van der Waals surface area contributed by atoms with Crippen LogP contribution in [0.25, 0.3) is 11.1 Å². The first-order valence-corrected chi connectivity index (χ1v) is 35.0. The monoisotopic (exact) mass is 1230 g/mol. The number of morpholine rings is 1. The summed E-state index contributed by atoms with van der Waals surface area (Å²) in [6.45, 7) is 53.8. The Morgan fingerprint density at radius 1 is 0.820 bits per heavy atom. The molecule has 89 heavy (non-hydrogen) atoms. The lowest BCUT2D eigenvalue weighted by Gasteiger charge is -2.43. The molecule has 3 aliphatic heterocycles. The molecule has 1 saturated carbocycles. The number of allylic oxidation sites excluding steroid dienone is 2. The van der Waals surface area contributed by atoms with E-state index in [4.69, 9.17) is 19.3 Å². The van der Waals surface area contributed by atoms with Crippen LogP contribution in [0.3, 0.4) is 0 Å². The zero-order valence-corrected chi connectivity index (χ0v) is 60.2. The number of aromatic nitrogens is 3. The van der Waals surface area contributed by atoms with Gasteiger partial charge >= 0.3 is 0 Å². The van der Waals surface area contributed by atoms with Gasteiger partial charge in [-0.2, -0.15) is 0 Å². The van der Waals surface area contributed by atoms with Crippen molar-refractivity contribution in [2.75, 3.05) is 89.5 Å². The highest BCUT2D eigenvalue weighted by Crippen LogP contribution is 2.44. The molecule has 14 heteroatoms. The number of aldehydes is 1. The Kier molecular flexibility index (Phi) is 32.5. The minimum Gasteiger partial charge on any atom is -0.378 e. The molecule has 1 aliphatic carbocycles. The first-order chi connectivity index (χ1) is 42.4. The lowest BCUT2D eigenvalue weighted by molar-refractivity contribution is -0.129. The third-order valence-corrected chi connectivity index (χ3v) is 20.2. The van der Waals surface area contributed by atoms with Crippen molar-refractivity contribution in [3.05, 3.63) is 88.9 Å². The van der Waals surface area contributed by atoms with Crippen LogP contribution >= 0.6 is 0 Å². The number of anilines is 2. The minimum absolute atomic E-state index is 0.0815. The highest BCUT2D eigenvalue weighted by molar-refractivity contribution is 5.93. The van der Waals surface area contributed by atoms with Gasteiger partial charge in [0, 0.05) is 107 Å². The second kappa shape index (κ2) is 37.7. The number of piperazine rings is 1. The Morgan fingerprint density at radius 3 is 1.96 bits per heavy atom. The predicted molar refractivity (Wildman–Crippen MR) is 377 cm³/mol. The summed E-state index contributed by atoms with van der Waals surface area (Å²) < 4.78 is 11.5. The Hall–Kier alpha value is -4.73. The quantitative estimate of drug-likeness (QED) is 0.0505. The van der Waals surface area contributed by atoms with Crippen LogP contribution in [-0.4, -0.2) is 146 Å². The molecular weight excluding hydrogens is 1100 g/mol. The van der Waals surface area contributed by atoms with Crippen LogP contribution in [0, 0.1) is 30.6 Å². The smallest absolute Gasteiger partial charge is 0.238 e. The Morgan fingerprint density at radius 2 is 1.42 bits per heavy atom. The lowest BCUT2D eigenvalue weighted by atomic mass is 9.75. The van der Waals surface area contributed by atoms with Gasteiger partial charge in [0.05, 0.1) is 49.0 Å². The molecule has 14 nitrogen and oxygen atoms in total. The number of hydrazine groups is 1. The van der Waals surface area contributed by atoms with Crippen LogP contribution in [0.5, 0.6) is 0 Å². The van der Waals surface area contributed by atoms with Crippen LogP contribution in [-0.2, 0) is 24.5 Å². The molecule has 5 heterocycles. The SMILES string of the molecule is C=C(C(CCCC(CC)(CC)CC)NC(=O)C(C(C)C)N1CCC[C@@H]1C(C)(C)c1cnc(C)nc1)N(CCCC)NC.CC=O.CCC.CCC(C)(C)C/C(=C(/C)c1cc(N2CCN(C3CC3)CC2)cnc1C(C)OC)c1cc(N2CCOCC2)ccc1C. The number of hydrogen-bond acceptors (Lipinski definition) is 13. The van der Waals surface area contributed by atoms with E-state index in [9.17, 15) is 4.79 Å². The minimum atomic E-state index is -0.210. The molecule has 4 atom stereocenters. The summed E-state index contributed by atoms with van der Waals surface area (Å²) in [6, 6.07) is 10.2. The second-order valence-electron chi connectivity index (χ2n) is 27.7. The maximum Gasteiger partial charge on any atom is 0.238 e. The van der Waals surface area contributed by atoms with Crippen molar-refractivity contribution in [3.8, 4) is 0 Å². The summed E-state index contributed by atoms with van der Waals surface area (Å²) in [4.78, 5) is 47.4. The van der Waals surface area contributed by atoms with E-state index in [0.717, 1.165) is 152 Å². The molecule has 4 aliphatic rings. The van der Waals surface area contributed by atoms with Crippen LogP contribution in [0.4, 0.5) is 11.4 Å². The molecule has 0 spiro atoms. The number of rotatable bonds is 29. The maximum atomic E-state index is 14.3. The van der Waals surface area contributed by atoms with Gasteiger partial charge in [0.25, 0.3) is 0 Å².